The van der Waals surface area contributed by atoms with Crippen LogP contribution in [0.2, 0.25) is 0 Å². The molecule has 0 unspecified atom stereocenters. The summed E-state index contributed by atoms with van der Waals surface area (Å²) < 4.78 is 16.2. The van der Waals surface area contributed by atoms with Gasteiger partial charge in [-0.3, -0.25) is 4.79 Å². The molecule has 0 radical (unpaired) electrons. The first kappa shape index (κ1) is 22.8. The zero-order valence-corrected chi connectivity index (χ0v) is 18.9. The fourth-order valence-electron chi connectivity index (χ4n) is 3.00. The maximum absolute atomic E-state index is 13.0. The number of hydrogen-bond donors (Lipinski definition) is 1. The Balaban J connectivity index is 1.89. The van der Waals surface area contributed by atoms with Crippen molar-refractivity contribution in [2.45, 2.75) is 33.1 Å². The molecule has 32 heavy (non-hydrogen) atoms. The van der Waals surface area contributed by atoms with Crippen LogP contribution in [0.3, 0.4) is 0 Å². The van der Waals surface area contributed by atoms with Gasteiger partial charge in [-0.05, 0) is 47.7 Å². The minimum atomic E-state index is -0.895. The Morgan fingerprint density at radius 1 is 1.06 bits per heavy atom. The van der Waals surface area contributed by atoms with Gasteiger partial charge in [-0.1, -0.05) is 43.2 Å². The molecule has 1 aromatic heterocycles. The normalized spacial score (nSPS) is 11.1. The molecule has 0 aliphatic carbocycles. The zero-order chi connectivity index (χ0) is 23.5. The molecule has 1 amide bonds. The van der Waals surface area contributed by atoms with Gasteiger partial charge < -0.3 is 19.5 Å². The number of nitrogens with zero attached hydrogens (tertiary/aromatic N) is 3. The molecule has 1 N–H and O–H groups in total. The Morgan fingerprint density at radius 3 is 2.47 bits per heavy atom. The largest absolute Gasteiger partial charge is 0.515 e. The van der Waals surface area contributed by atoms with Gasteiger partial charge in [-0.2, -0.15) is 0 Å². The van der Waals surface area contributed by atoms with E-state index >= 15 is 0 Å². The zero-order valence-electron chi connectivity index (χ0n) is 18.9. The number of anilines is 1. The number of rotatable bonds is 5. The highest BCUT2D eigenvalue weighted by molar-refractivity contribution is 6.05. The van der Waals surface area contributed by atoms with Crippen LogP contribution in [0.4, 0.5) is 10.5 Å². The van der Waals surface area contributed by atoms with Gasteiger partial charge in [-0.25, -0.2) is 9.48 Å². The molecule has 0 bridgehead atoms. The van der Waals surface area contributed by atoms with Crippen molar-refractivity contribution in [1.82, 2.24) is 15.0 Å². The summed E-state index contributed by atoms with van der Waals surface area (Å²) in [5.74, 6) is 0.246. The lowest BCUT2D eigenvalue weighted by Gasteiger charge is -2.21. The lowest BCUT2D eigenvalue weighted by atomic mass is 9.87. The molecule has 168 valence electrons. The van der Waals surface area contributed by atoms with Crippen molar-refractivity contribution < 1.29 is 23.8 Å². The van der Waals surface area contributed by atoms with E-state index in [2.05, 4.69) is 41.1 Å². The third-order valence-electron chi connectivity index (χ3n) is 4.86. The average molecular weight is 438 g/mol. The quantitative estimate of drug-likeness (QED) is 0.593. The van der Waals surface area contributed by atoms with Crippen LogP contribution in [0.5, 0.6) is 11.6 Å². The summed E-state index contributed by atoms with van der Waals surface area (Å²) in [6, 6.07) is 10.9. The molecule has 0 aliphatic rings. The molecule has 2 aromatic carbocycles. The number of nitrogens with one attached hydrogen (secondary N) is 1. The Morgan fingerprint density at radius 2 is 1.81 bits per heavy atom. The molecule has 0 spiro atoms. The molecular weight excluding hydrogens is 412 g/mol. The number of carbonyl (C=O) groups is 2. The van der Waals surface area contributed by atoms with Crippen LogP contribution in [-0.2, 0) is 10.2 Å². The van der Waals surface area contributed by atoms with Crippen LogP contribution in [0, 0.1) is 6.92 Å². The molecule has 3 rings (SSSR count). The molecule has 0 saturated heterocycles. The fraction of sp³-hybridized carbons (Fsp3) is 0.304. The highest BCUT2D eigenvalue weighted by Gasteiger charge is 2.18. The van der Waals surface area contributed by atoms with Crippen molar-refractivity contribution >= 4 is 17.7 Å². The van der Waals surface area contributed by atoms with E-state index in [-0.39, 0.29) is 17.2 Å². The molecule has 3 aromatic rings. The van der Waals surface area contributed by atoms with Crippen molar-refractivity contribution in [2.75, 3.05) is 19.5 Å². The second-order valence-corrected chi connectivity index (χ2v) is 8.18. The second kappa shape index (κ2) is 9.09. The van der Waals surface area contributed by atoms with Crippen molar-refractivity contribution in [1.29, 1.82) is 0 Å². The highest BCUT2D eigenvalue weighted by Crippen LogP contribution is 2.32. The minimum Gasteiger partial charge on any atom is -0.495 e. The molecule has 1 heterocycles. The first-order chi connectivity index (χ1) is 15.1. The number of carbonyl (C=O) groups excluding carboxylic acids is 2. The van der Waals surface area contributed by atoms with E-state index in [0.717, 1.165) is 11.1 Å². The Labute approximate surface area is 186 Å². The van der Waals surface area contributed by atoms with Crippen molar-refractivity contribution in [2.24, 2.45) is 0 Å². The number of methoxy groups -OCH3 is 2. The summed E-state index contributed by atoms with van der Waals surface area (Å²) in [5.41, 5.74) is 3.45. The Kier molecular flexibility index (Phi) is 6.47. The number of hydrogen-bond acceptors (Lipinski definition) is 7. The van der Waals surface area contributed by atoms with E-state index in [1.165, 1.54) is 18.0 Å². The number of ether oxygens (including phenoxy) is 3. The van der Waals surface area contributed by atoms with Gasteiger partial charge in [0.25, 0.3) is 11.8 Å². The van der Waals surface area contributed by atoms with Crippen molar-refractivity contribution in [3.05, 3.63) is 59.3 Å². The van der Waals surface area contributed by atoms with E-state index < -0.39 is 6.16 Å². The summed E-state index contributed by atoms with van der Waals surface area (Å²) in [6.45, 7) is 8.17. The molecular formula is C23H26N4O5. The van der Waals surface area contributed by atoms with Crippen LogP contribution in [0.1, 0.15) is 42.3 Å². The molecule has 0 saturated carbocycles. The van der Waals surface area contributed by atoms with Gasteiger partial charge in [0.1, 0.15) is 5.75 Å². The first-order valence-electron chi connectivity index (χ1n) is 9.91. The van der Waals surface area contributed by atoms with Crippen LogP contribution in [-0.4, -0.2) is 41.3 Å². The van der Waals surface area contributed by atoms with E-state index in [0.29, 0.717) is 22.7 Å². The maximum Gasteiger partial charge on any atom is 0.515 e. The van der Waals surface area contributed by atoms with Gasteiger partial charge in [0.05, 0.1) is 31.8 Å². The molecule has 9 nitrogen and oxygen atoms in total. The fourth-order valence-corrected chi connectivity index (χ4v) is 3.00. The monoisotopic (exact) mass is 438 g/mol. The van der Waals surface area contributed by atoms with Gasteiger partial charge in [0.2, 0.25) is 0 Å². The predicted molar refractivity (Wildman–Crippen MR) is 119 cm³/mol. The minimum absolute atomic E-state index is 0.0187. The van der Waals surface area contributed by atoms with Gasteiger partial charge in [0, 0.05) is 5.56 Å². The van der Waals surface area contributed by atoms with Crippen molar-refractivity contribution in [3.63, 3.8) is 0 Å². The summed E-state index contributed by atoms with van der Waals surface area (Å²) in [4.78, 5) is 24.3. The van der Waals surface area contributed by atoms with E-state index in [1.54, 1.807) is 25.3 Å². The Bertz CT molecular complexity index is 1150. The van der Waals surface area contributed by atoms with Crippen LogP contribution >= 0.6 is 0 Å². The molecule has 0 aliphatic heterocycles. The van der Waals surface area contributed by atoms with Crippen molar-refractivity contribution in [3.8, 4) is 17.3 Å². The first-order valence-corrected chi connectivity index (χ1v) is 9.91. The molecule has 9 heteroatoms. The smallest absolute Gasteiger partial charge is 0.495 e. The summed E-state index contributed by atoms with van der Waals surface area (Å²) in [5, 5.41) is 10.7. The van der Waals surface area contributed by atoms with Gasteiger partial charge in [0.15, 0.2) is 0 Å². The third kappa shape index (κ3) is 5.05. The lowest BCUT2D eigenvalue weighted by Crippen LogP contribution is -2.16. The SMILES string of the molecule is COC(=O)Oc1cn(-c2cc(C(=O)Nc3cc(C(C)(C)C)ccc3OC)ccc2C)nn1. The van der Waals surface area contributed by atoms with E-state index in [1.807, 2.05) is 25.1 Å². The summed E-state index contributed by atoms with van der Waals surface area (Å²) in [6.07, 6.45) is 0.532. The topological polar surface area (TPSA) is 105 Å². The number of amides is 1. The predicted octanol–water partition coefficient (Wildman–Crippen LogP) is 4.28. The van der Waals surface area contributed by atoms with Crippen LogP contribution in [0.15, 0.2) is 42.6 Å². The van der Waals surface area contributed by atoms with Gasteiger partial charge >= 0.3 is 6.16 Å². The average Bonchev–Trinajstić information content (AvgIpc) is 3.21. The van der Waals surface area contributed by atoms with Gasteiger partial charge in [-0.15, -0.1) is 0 Å². The number of aromatic nitrogens is 3. The molecule has 0 fully saturated rings. The second-order valence-electron chi connectivity index (χ2n) is 8.18. The van der Waals surface area contributed by atoms with Crippen LogP contribution < -0.4 is 14.8 Å². The summed E-state index contributed by atoms with van der Waals surface area (Å²) in [7, 11) is 2.76. The maximum atomic E-state index is 13.0. The third-order valence-corrected chi connectivity index (χ3v) is 4.86. The highest BCUT2D eigenvalue weighted by atomic mass is 16.7. The Hall–Kier alpha value is -3.88. The van der Waals surface area contributed by atoms with Crippen LogP contribution in [0.25, 0.3) is 5.69 Å². The standard InChI is InChI=1S/C23H26N4O5/c1-14-7-8-15(11-18(14)27-13-20(25-26-27)32-22(29)31-6)21(28)24-17-12-16(23(2,3)4)9-10-19(17)30-5/h7-13H,1-6H3,(H,24,28). The lowest BCUT2D eigenvalue weighted by molar-refractivity contribution is 0.102. The molecule has 0 atom stereocenters. The van der Waals surface area contributed by atoms with E-state index in [4.69, 9.17) is 9.47 Å². The number of aryl methyl sites for hydroxylation is 1. The summed E-state index contributed by atoms with van der Waals surface area (Å²) >= 11 is 0. The number of benzene rings is 2. The van der Waals surface area contributed by atoms with E-state index in [9.17, 15) is 9.59 Å².